The number of thioether (sulfide) groups is 1. The molecule has 190 valence electrons. The highest BCUT2D eigenvalue weighted by molar-refractivity contribution is 7.98. The summed E-state index contributed by atoms with van der Waals surface area (Å²) in [5.74, 6) is -2.87. The van der Waals surface area contributed by atoms with E-state index >= 15 is 0 Å². The van der Waals surface area contributed by atoms with Crippen molar-refractivity contribution < 1.29 is 31.5 Å². The number of hydrogen-bond donors (Lipinski definition) is 0. The Morgan fingerprint density at radius 1 is 1.23 bits per heavy atom. The summed E-state index contributed by atoms with van der Waals surface area (Å²) in [5, 5.41) is 0. The number of nitrogens with zero attached hydrogens (tertiary/aromatic N) is 1. The Morgan fingerprint density at radius 2 is 1.94 bits per heavy atom. The number of rotatable bonds is 9. The Kier molecular flexibility index (Phi) is 9.18. The average molecular weight is 526 g/mol. The zero-order valence-electron chi connectivity index (χ0n) is 19.9. The second-order valence-corrected chi connectivity index (χ2v) is 11.0. The molecule has 0 aliphatic carbocycles. The molecule has 1 atom stereocenters. The number of anilines is 2. The lowest BCUT2D eigenvalue weighted by molar-refractivity contribution is -0.140. The van der Waals surface area contributed by atoms with Crippen LogP contribution in [-0.4, -0.2) is 39.5 Å². The molecule has 0 amide bonds. The molecule has 0 spiro atoms. The van der Waals surface area contributed by atoms with Crippen LogP contribution in [0.2, 0.25) is 0 Å². The first kappa shape index (κ1) is 27.0. The molecule has 0 bridgehead atoms. The van der Waals surface area contributed by atoms with Crippen LogP contribution in [0.5, 0.6) is 5.75 Å². The van der Waals surface area contributed by atoms with E-state index in [2.05, 4.69) is 11.7 Å². The van der Waals surface area contributed by atoms with Gasteiger partial charge in [0, 0.05) is 18.3 Å². The van der Waals surface area contributed by atoms with Crippen LogP contribution >= 0.6 is 11.8 Å². The van der Waals surface area contributed by atoms with Gasteiger partial charge in [-0.05, 0) is 55.9 Å². The van der Waals surface area contributed by atoms with Crippen molar-refractivity contribution in [2.75, 3.05) is 30.1 Å². The number of fused-ring (bicyclic) bond motifs is 1. The Balaban J connectivity index is 2.12. The highest BCUT2D eigenvalue weighted by atomic mass is 32.2. The highest BCUT2D eigenvalue weighted by Crippen LogP contribution is 2.43. The van der Waals surface area contributed by atoms with E-state index in [9.17, 15) is 22.0 Å². The van der Waals surface area contributed by atoms with Crippen molar-refractivity contribution in [3.63, 3.8) is 0 Å². The minimum absolute atomic E-state index is 0.00562. The van der Waals surface area contributed by atoms with Gasteiger partial charge in [-0.25, -0.2) is 17.6 Å². The summed E-state index contributed by atoms with van der Waals surface area (Å²) in [4.78, 5) is 14.0. The molecule has 2 aromatic carbocycles. The van der Waals surface area contributed by atoms with Crippen LogP contribution in [0.1, 0.15) is 33.1 Å². The summed E-state index contributed by atoms with van der Waals surface area (Å²) >= 11 is 1.29. The minimum Gasteiger partial charge on any atom is -0.461 e. The van der Waals surface area contributed by atoms with Crippen molar-refractivity contribution in [1.82, 2.24) is 0 Å². The predicted molar refractivity (Wildman–Crippen MR) is 133 cm³/mol. The molecule has 2 aromatic rings. The van der Waals surface area contributed by atoms with E-state index in [4.69, 9.17) is 4.74 Å². The van der Waals surface area contributed by atoms with Crippen LogP contribution in [0.25, 0.3) is 0 Å². The molecule has 0 radical (unpaired) electrons. The molecule has 10 heteroatoms. The van der Waals surface area contributed by atoms with Crippen molar-refractivity contribution in [3.8, 4) is 5.75 Å². The van der Waals surface area contributed by atoms with E-state index in [1.807, 2.05) is 4.90 Å². The highest BCUT2D eigenvalue weighted by Gasteiger charge is 2.33. The quantitative estimate of drug-likeness (QED) is 0.171. The maximum absolute atomic E-state index is 14.0. The molecule has 0 aromatic heterocycles. The van der Waals surface area contributed by atoms with Gasteiger partial charge < -0.3 is 14.4 Å². The number of ether oxygens (including phenoxy) is 2. The Bertz CT molecular complexity index is 1180. The molecule has 1 aliphatic heterocycles. The molecule has 1 unspecified atom stereocenters. The van der Waals surface area contributed by atoms with E-state index in [0.29, 0.717) is 29.1 Å². The second-order valence-electron chi connectivity index (χ2n) is 8.15. The molecule has 0 saturated carbocycles. The Labute approximate surface area is 209 Å². The van der Waals surface area contributed by atoms with Crippen molar-refractivity contribution in [2.24, 2.45) is 5.92 Å². The van der Waals surface area contributed by atoms with E-state index in [1.165, 1.54) is 30.0 Å². The molecular formula is C25H29F2NO5S2. The Hall–Kier alpha value is -2.59. The minimum atomic E-state index is -3.73. The van der Waals surface area contributed by atoms with Crippen LogP contribution < -0.4 is 9.64 Å². The molecular weight excluding hydrogens is 496 g/mol. The van der Waals surface area contributed by atoms with Gasteiger partial charge in [0.25, 0.3) is 0 Å². The third-order valence-electron chi connectivity index (χ3n) is 5.63. The predicted octanol–water partition coefficient (Wildman–Crippen LogP) is 6.03. The average Bonchev–Trinajstić information content (AvgIpc) is 2.94. The number of esters is 1. The number of carbonyl (C=O) groups is 1. The van der Waals surface area contributed by atoms with Crippen LogP contribution in [0, 0.1) is 11.7 Å². The maximum Gasteiger partial charge on any atom is 0.370 e. The number of unbranched alkanes of at least 4 members (excludes halogenated alkanes) is 1. The number of sulfone groups is 1. The molecule has 6 nitrogen and oxygen atoms in total. The van der Waals surface area contributed by atoms with Crippen LogP contribution in [0.15, 0.2) is 58.3 Å². The molecule has 35 heavy (non-hydrogen) atoms. The van der Waals surface area contributed by atoms with Gasteiger partial charge in [0.15, 0.2) is 9.84 Å². The van der Waals surface area contributed by atoms with Crippen LogP contribution in [-0.2, 0) is 19.4 Å². The Morgan fingerprint density at radius 3 is 2.57 bits per heavy atom. The zero-order chi connectivity index (χ0) is 25.6. The molecule has 0 saturated heterocycles. The first-order chi connectivity index (χ1) is 16.7. The third kappa shape index (κ3) is 6.55. The van der Waals surface area contributed by atoms with Gasteiger partial charge in [-0.15, -0.1) is 11.8 Å². The van der Waals surface area contributed by atoms with E-state index < -0.39 is 21.6 Å². The molecule has 0 fully saturated rings. The summed E-state index contributed by atoms with van der Waals surface area (Å²) in [6.07, 6.45) is 4.94. The standard InChI is InChI=1S/C25H29F2NO5S2/c1-4-6-7-17-14-28(19-10-8-18(26)9-11-19)21-12-23(34-3)22(13-24(21)35(30,31)16-17)33-15-20(27)25(29)32-5-2/h8-13,15,17H,4-7,14,16H2,1-3H3/b20-15-. The molecule has 3 rings (SSSR count). The maximum atomic E-state index is 14.0. The van der Waals surface area contributed by atoms with Gasteiger partial charge >= 0.3 is 5.97 Å². The van der Waals surface area contributed by atoms with Crippen molar-refractivity contribution >= 4 is 38.9 Å². The lowest BCUT2D eigenvalue weighted by Crippen LogP contribution is -2.26. The lowest BCUT2D eigenvalue weighted by atomic mass is 10.0. The topological polar surface area (TPSA) is 72.9 Å². The smallest absolute Gasteiger partial charge is 0.370 e. The first-order valence-electron chi connectivity index (χ1n) is 11.4. The molecule has 1 heterocycles. The fourth-order valence-corrected chi connectivity index (χ4v) is 6.33. The number of benzene rings is 2. The van der Waals surface area contributed by atoms with E-state index in [-0.39, 0.29) is 34.7 Å². The fourth-order valence-electron chi connectivity index (χ4n) is 3.95. The van der Waals surface area contributed by atoms with Crippen molar-refractivity contribution in [1.29, 1.82) is 0 Å². The number of halogens is 2. The lowest BCUT2D eigenvalue weighted by Gasteiger charge is -2.28. The van der Waals surface area contributed by atoms with Crippen LogP contribution in [0.4, 0.5) is 20.2 Å². The summed E-state index contributed by atoms with van der Waals surface area (Å²) < 4.78 is 64.6. The monoisotopic (exact) mass is 525 g/mol. The molecule has 0 N–H and O–H groups in total. The summed E-state index contributed by atoms with van der Waals surface area (Å²) in [6.45, 7) is 4.06. The van der Waals surface area contributed by atoms with Crippen LogP contribution in [0.3, 0.4) is 0 Å². The number of carbonyl (C=O) groups excluding carboxylic acids is 1. The van der Waals surface area contributed by atoms with E-state index in [0.717, 1.165) is 19.3 Å². The second kappa shape index (κ2) is 11.9. The van der Waals surface area contributed by atoms with Gasteiger partial charge in [-0.3, -0.25) is 0 Å². The van der Waals surface area contributed by atoms with E-state index in [1.54, 1.807) is 31.4 Å². The normalized spacial score (nSPS) is 17.5. The van der Waals surface area contributed by atoms with Gasteiger partial charge in [0.05, 0.1) is 27.8 Å². The fraction of sp³-hybridized carbons (Fsp3) is 0.400. The van der Waals surface area contributed by atoms with Crippen molar-refractivity contribution in [3.05, 3.63) is 54.3 Å². The van der Waals surface area contributed by atoms with Gasteiger partial charge in [0.2, 0.25) is 5.83 Å². The summed E-state index contributed by atoms with van der Waals surface area (Å²) in [5.41, 5.74) is 1.11. The van der Waals surface area contributed by atoms with Crippen molar-refractivity contribution in [2.45, 2.75) is 42.9 Å². The molecule has 1 aliphatic rings. The summed E-state index contributed by atoms with van der Waals surface area (Å²) in [7, 11) is -3.73. The zero-order valence-corrected chi connectivity index (χ0v) is 21.6. The van der Waals surface area contributed by atoms with Gasteiger partial charge in [0.1, 0.15) is 17.8 Å². The third-order valence-corrected chi connectivity index (χ3v) is 8.30. The first-order valence-corrected chi connectivity index (χ1v) is 14.2. The number of hydrogen-bond acceptors (Lipinski definition) is 7. The van der Waals surface area contributed by atoms with Gasteiger partial charge in [-0.2, -0.15) is 4.39 Å². The van der Waals surface area contributed by atoms with Gasteiger partial charge in [-0.1, -0.05) is 19.8 Å². The SMILES string of the molecule is CCCCC1CN(c2ccc(F)cc2)c2cc(SC)c(O/C=C(\F)C(=O)OCC)cc2S(=O)(=O)C1. The largest absolute Gasteiger partial charge is 0.461 e. The summed E-state index contributed by atoms with van der Waals surface area (Å²) in [6, 6.07) is 8.96.